The van der Waals surface area contributed by atoms with Crippen LogP contribution in [0.1, 0.15) is 10.5 Å². The van der Waals surface area contributed by atoms with E-state index in [-0.39, 0.29) is 0 Å². The molecular weight excluding hydrogens is 142 g/mol. The first kappa shape index (κ1) is 6.03. The number of aldehydes is 1. The van der Waals surface area contributed by atoms with Crippen molar-refractivity contribution in [3.05, 3.63) is 24.2 Å². The third-order valence-corrected chi connectivity index (χ3v) is 1.51. The molecule has 0 aromatic carbocycles. The summed E-state index contributed by atoms with van der Waals surface area (Å²) in [4.78, 5) is 13.3. The first-order valence-electron chi connectivity index (χ1n) is 3.16. The lowest BCUT2D eigenvalue weighted by Gasteiger charge is -1.89. The van der Waals surface area contributed by atoms with E-state index < -0.39 is 0 Å². The molecule has 1 N–H and O–H groups in total. The number of hydrogen-bond donors (Lipinski definition) is 1. The van der Waals surface area contributed by atoms with Gasteiger partial charge in [0, 0.05) is 11.6 Å². The van der Waals surface area contributed by atoms with Gasteiger partial charge in [-0.2, -0.15) is 5.10 Å². The highest BCUT2D eigenvalue weighted by atomic mass is 16.1. The standard InChI is InChI=1S/C7H5N3O/c11-4-6-7-5(1-2-8-7)3-9-10-6/h1-4,8H. The van der Waals surface area contributed by atoms with Crippen LogP contribution in [0.5, 0.6) is 0 Å². The van der Waals surface area contributed by atoms with E-state index in [1.54, 1.807) is 12.4 Å². The van der Waals surface area contributed by atoms with E-state index in [0.717, 1.165) is 10.9 Å². The number of nitrogens with one attached hydrogen (secondary N) is 1. The largest absolute Gasteiger partial charge is 0.359 e. The zero-order chi connectivity index (χ0) is 7.68. The van der Waals surface area contributed by atoms with E-state index in [1.165, 1.54) is 0 Å². The van der Waals surface area contributed by atoms with E-state index >= 15 is 0 Å². The van der Waals surface area contributed by atoms with E-state index in [2.05, 4.69) is 15.2 Å². The molecule has 0 unspecified atom stereocenters. The van der Waals surface area contributed by atoms with Crippen molar-refractivity contribution >= 4 is 17.2 Å². The van der Waals surface area contributed by atoms with Gasteiger partial charge in [0.25, 0.3) is 0 Å². The van der Waals surface area contributed by atoms with Crippen LogP contribution in [0, 0.1) is 0 Å². The van der Waals surface area contributed by atoms with Crippen LogP contribution < -0.4 is 0 Å². The fourth-order valence-corrected chi connectivity index (χ4v) is 0.997. The molecule has 2 rings (SSSR count). The quantitative estimate of drug-likeness (QED) is 0.606. The van der Waals surface area contributed by atoms with Crippen molar-refractivity contribution in [3.63, 3.8) is 0 Å². The monoisotopic (exact) mass is 147 g/mol. The highest BCUT2D eigenvalue weighted by Crippen LogP contribution is 2.10. The van der Waals surface area contributed by atoms with Gasteiger partial charge in [-0.05, 0) is 6.07 Å². The molecule has 0 atom stereocenters. The Bertz CT molecular complexity index is 393. The summed E-state index contributed by atoms with van der Waals surface area (Å²) >= 11 is 0. The molecule has 0 aliphatic heterocycles. The van der Waals surface area contributed by atoms with Crippen molar-refractivity contribution in [1.29, 1.82) is 0 Å². The molecule has 0 bridgehead atoms. The zero-order valence-electron chi connectivity index (χ0n) is 5.61. The molecule has 0 radical (unpaired) electrons. The number of aromatic nitrogens is 3. The van der Waals surface area contributed by atoms with E-state index in [4.69, 9.17) is 0 Å². The van der Waals surface area contributed by atoms with Crippen LogP contribution in [0.25, 0.3) is 10.9 Å². The second-order valence-corrected chi connectivity index (χ2v) is 2.16. The summed E-state index contributed by atoms with van der Waals surface area (Å²) in [7, 11) is 0. The predicted molar refractivity (Wildman–Crippen MR) is 39.3 cm³/mol. The Morgan fingerprint density at radius 2 is 2.45 bits per heavy atom. The number of H-pyrrole nitrogens is 1. The van der Waals surface area contributed by atoms with Gasteiger partial charge in [0.1, 0.15) is 5.69 Å². The Kier molecular flexibility index (Phi) is 1.18. The van der Waals surface area contributed by atoms with Crippen LogP contribution >= 0.6 is 0 Å². The summed E-state index contributed by atoms with van der Waals surface area (Å²) in [6, 6.07) is 1.84. The van der Waals surface area contributed by atoms with Crippen LogP contribution in [-0.2, 0) is 0 Å². The molecule has 2 aromatic heterocycles. The molecule has 0 spiro atoms. The maximum absolute atomic E-state index is 10.4. The van der Waals surface area contributed by atoms with Crippen molar-refractivity contribution in [2.45, 2.75) is 0 Å². The van der Waals surface area contributed by atoms with Gasteiger partial charge < -0.3 is 4.98 Å². The topological polar surface area (TPSA) is 58.6 Å². The zero-order valence-corrected chi connectivity index (χ0v) is 5.61. The molecule has 0 aliphatic carbocycles. The maximum atomic E-state index is 10.4. The molecule has 0 fully saturated rings. The Morgan fingerprint density at radius 3 is 3.27 bits per heavy atom. The third kappa shape index (κ3) is 0.797. The molecule has 0 amide bonds. The Hall–Kier alpha value is -1.71. The molecule has 2 heterocycles. The summed E-state index contributed by atoms with van der Waals surface area (Å²) in [6.07, 6.45) is 4.05. The SMILES string of the molecule is O=Cc1nncc2cc[nH]c12. The summed E-state index contributed by atoms with van der Waals surface area (Å²) in [5, 5.41) is 8.21. The molecule has 0 aliphatic rings. The van der Waals surface area contributed by atoms with Gasteiger partial charge in [0.05, 0.1) is 11.7 Å². The van der Waals surface area contributed by atoms with Gasteiger partial charge in [-0.15, -0.1) is 5.10 Å². The second-order valence-electron chi connectivity index (χ2n) is 2.16. The number of carbonyl (C=O) groups is 1. The number of rotatable bonds is 1. The van der Waals surface area contributed by atoms with Crippen molar-refractivity contribution in [1.82, 2.24) is 15.2 Å². The summed E-state index contributed by atoms with van der Waals surface area (Å²) in [5.74, 6) is 0. The van der Waals surface area contributed by atoms with E-state index in [1.807, 2.05) is 6.07 Å². The van der Waals surface area contributed by atoms with Gasteiger partial charge in [0.2, 0.25) is 0 Å². The maximum Gasteiger partial charge on any atom is 0.172 e. The predicted octanol–water partition coefficient (Wildman–Crippen LogP) is 0.770. The second kappa shape index (κ2) is 2.16. The lowest BCUT2D eigenvalue weighted by atomic mass is 10.3. The number of nitrogens with zero attached hydrogens (tertiary/aromatic N) is 2. The van der Waals surface area contributed by atoms with Gasteiger partial charge >= 0.3 is 0 Å². The van der Waals surface area contributed by atoms with Crippen molar-refractivity contribution < 1.29 is 4.79 Å². The highest BCUT2D eigenvalue weighted by Gasteiger charge is 2.00. The van der Waals surface area contributed by atoms with Crippen LogP contribution in [0.3, 0.4) is 0 Å². The smallest absolute Gasteiger partial charge is 0.172 e. The third-order valence-electron chi connectivity index (χ3n) is 1.51. The molecule has 0 saturated carbocycles. The first-order valence-corrected chi connectivity index (χ1v) is 3.16. The fourth-order valence-electron chi connectivity index (χ4n) is 0.997. The Labute approximate surface area is 62.3 Å². The molecular formula is C7H5N3O. The Balaban J connectivity index is 2.88. The van der Waals surface area contributed by atoms with Crippen molar-refractivity contribution in [3.8, 4) is 0 Å². The average Bonchev–Trinajstić information content (AvgIpc) is 2.50. The number of fused-ring (bicyclic) bond motifs is 1. The minimum Gasteiger partial charge on any atom is -0.359 e. The van der Waals surface area contributed by atoms with Gasteiger partial charge in [-0.3, -0.25) is 4.79 Å². The summed E-state index contributed by atoms with van der Waals surface area (Å²) in [5.41, 5.74) is 1.10. The molecule has 2 aromatic rings. The fraction of sp³-hybridized carbons (Fsp3) is 0. The van der Waals surface area contributed by atoms with Gasteiger partial charge in [0.15, 0.2) is 6.29 Å². The molecule has 54 valence electrons. The average molecular weight is 147 g/mol. The molecule has 11 heavy (non-hydrogen) atoms. The first-order chi connectivity index (χ1) is 5.42. The van der Waals surface area contributed by atoms with E-state index in [0.29, 0.717) is 12.0 Å². The van der Waals surface area contributed by atoms with Crippen LogP contribution in [-0.4, -0.2) is 21.5 Å². The van der Waals surface area contributed by atoms with Crippen LogP contribution in [0.2, 0.25) is 0 Å². The van der Waals surface area contributed by atoms with Crippen LogP contribution in [0.4, 0.5) is 0 Å². The van der Waals surface area contributed by atoms with Crippen molar-refractivity contribution in [2.75, 3.05) is 0 Å². The summed E-state index contributed by atoms with van der Waals surface area (Å²) < 4.78 is 0. The lowest BCUT2D eigenvalue weighted by molar-refractivity contribution is 0.111. The van der Waals surface area contributed by atoms with E-state index in [9.17, 15) is 4.79 Å². The number of aromatic amines is 1. The number of carbonyl (C=O) groups excluding carboxylic acids is 1. The number of hydrogen-bond acceptors (Lipinski definition) is 3. The highest BCUT2D eigenvalue weighted by molar-refractivity contribution is 5.92. The minimum atomic E-state index is 0.354. The van der Waals surface area contributed by atoms with Gasteiger partial charge in [-0.1, -0.05) is 0 Å². The normalized spacial score (nSPS) is 10.2. The lowest BCUT2D eigenvalue weighted by Crippen LogP contribution is -1.90. The molecule has 0 saturated heterocycles. The van der Waals surface area contributed by atoms with Crippen LogP contribution in [0.15, 0.2) is 18.5 Å². The minimum absolute atomic E-state index is 0.354. The Morgan fingerprint density at radius 1 is 1.55 bits per heavy atom. The van der Waals surface area contributed by atoms with Crippen molar-refractivity contribution in [2.24, 2.45) is 0 Å². The molecule has 4 nitrogen and oxygen atoms in total. The van der Waals surface area contributed by atoms with Gasteiger partial charge in [-0.25, -0.2) is 0 Å². The molecule has 4 heteroatoms. The summed E-state index contributed by atoms with van der Waals surface area (Å²) in [6.45, 7) is 0.